The van der Waals surface area contributed by atoms with Crippen LogP contribution >= 0.6 is 23.2 Å². The quantitative estimate of drug-likeness (QED) is 0.675. The third-order valence-electron chi connectivity index (χ3n) is 2.09. The van der Waals surface area contributed by atoms with Gasteiger partial charge in [0.2, 0.25) is 0 Å². The third kappa shape index (κ3) is 1.83. The first-order valence-electron chi connectivity index (χ1n) is 4.46. The van der Waals surface area contributed by atoms with Crippen molar-refractivity contribution in [3.63, 3.8) is 0 Å². The minimum absolute atomic E-state index is 0.0855. The first-order chi connectivity index (χ1) is 7.63. The molecule has 1 N–H and O–H groups in total. The fourth-order valence-corrected chi connectivity index (χ4v) is 1.87. The van der Waals surface area contributed by atoms with Crippen molar-refractivity contribution >= 4 is 34.8 Å². The average Bonchev–Trinajstić information content (AvgIpc) is 2.62. The van der Waals surface area contributed by atoms with Crippen LogP contribution < -0.4 is 0 Å². The number of hydrogen-bond acceptors (Lipinski definition) is 3. The molecule has 0 saturated heterocycles. The standard InChI is InChI=1S/C9H7Cl2N3O2/c10-2-1-7-12-13-8-4-5(9(15)16)3-6(11)14(7)8/h3-4H,1-2H2,(H,15,16). The number of fused-ring (bicyclic) bond motifs is 1. The lowest BCUT2D eigenvalue weighted by atomic mass is 10.2. The van der Waals surface area contributed by atoms with Gasteiger partial charge in [0.1, 0.15) is 11.0 Å². The van der Waals surface area contributed by atoms with Crippen molar-refractivity contribution < 1.29 is 9.90 Å². The molecule has 2 heterocycles. The minimum Gasteiger partial charge on any atom is -0.478 e. The molecule has 0 aliphatic rings. The van der Waals surface area contributed by atoms with Gasteiger partial charge in [0.15, 0.2) is 5.65 Å². The van der Waals surface area contributed by atoms with Gasteiger partial charge < -0.3 is 5.11 Å². The number of carboxylic acids is 1. The molecular formula is C9H7Cl2N3O2. The zero-order chi connectivity index (χ0) is 11.7. The molecule has 2 rings (SSSR count). The van der Waals surface area contributed by atoms with E-state index in [9.17, 15) is 4.79 Å². The zero-order valence-electron chi connectivity index (χ0n) is 8.02. The van der Waals surface area contributed by atoms with Crippen molar-refractivity contribution in [3.05, 3.63) is 28.7 Å². The van der Waals surface area contributed by atoms with Gasteiger partial charge >= 0.3 is 5.97 Å². The number of carbonyl (C=O) groups is 1. The van der Waals surface area contributed by atoms with Crippen LogP contribution in [0.5, 0.6) is 0 Å². The number of nitrogens with zero attached hydrogens (tertiary/aromatic N) is 3. The predicted octanol–water partition coefficient (Wildman–Crippen LogP) is 1.86. The molecule has 0 bridgehead atoms. The first-order valence-corrected chi connectivity index (χ1v) is 5.37. The van der Waals surface area contributed by atoms with Crippen LogP contribution in [0, 0.1) is 0 Å². The van der Waals surface area contributed by atoms with Crippen LogP contribution in [0.25, 0.3) is 5.65 Å². The molecule has 16 heavy (non-hydrogen) atoms. The van der Waals surface area contributed by atoms with Gasteiger partial charge in [0, 0.05) is 12.3 Å². The van der Waals surface area contributed by atoms with E-state index in [1.54, 1.807) is 4.40 Å². The fraction of sp³-hybridized carbons (Fsp3) is 0.222. The van der Waals surface area contributed by atoms with Gasteiger partial charge in [0.05, 0.1) is 5.56 Å². The molecule has 2 aromatic rings. The number of aromatic carboxylic acids is 1. The number of pyridine rings is 1. The number of aromatic nitrogens is 3. The Balaban J connectivity index is 2.64. The Kier molecular flexibility index (Phi) is 2.98. The summed E-state index contributed by atoms with van der Waals surface area (Å²) in [6, 6.07) is 2.77. The molecule has 0 spiro atoms. The second-order valence-corrected chi connectivity index (χ2v) is 3.89. The van der Waals surface area contributed by atoms with Gasteiger partial charge in [-0.1, -0.05) is 11.6 Å². The molecule has 0 aliphatic carbocycles. The molecule has 0 aliphatic heterocycles. The van der Waals surface area contributed by atoms with Crippen LogP contribution in [0.1, 0.15) is 16.2 Å². The highest BCUT2D eigenvalue weighted by Crippen LogP contribution is 2.17. The van der Waals surface area contributed by atoms with E-state index in [4.69, 9.17) is 28.3 Å². The summed E-state index contributed by atoms with van der Waals surface area (Å²) in [6.07, 6.45) is 0.523. The molecule has 7 heteroatoms. The summed E-state index contributed by atoms with van der Waals surface area (Å²) in [6.45, 7) is 0. The van der Waals surface area contributed by atoms with E-state index in [-0.39, 0.29) is 10.7 Å². The Morgan fingerprint density at radius 3 is 2.81 bits per heavy atom. The van der Waals surface area contributed by atoms with Gasteiger partial charge in [-0.25, -0.2) is 4.79 Å². The summed E-state index contributed by atoms with van der Waals surface area (Å²) in [5, 5.41) is 16.9. The summed E-state index contributed by atoms with van der Waals surface area (Å²) < 4.78 is 1.58. The topological polar surface area (TPSA) is 67.5 Å². The highest BCUT2D eigenvalue weighted by molar-refractivity contribution is 6.30. The number of alkyl halides is 1. The number of aryl methyl sites for hydroxylation is 1. The predicted molar refractivity (Wildman–Crippen MR) is 59.4 cm³/mol. The van der Waals surface area contributed by atoms with Gasteiger partial charge in [0.25, 0.3) is 0 Å². The number of halogens is 2. The zero-order valence-corrected chi connectivity index (χ0v) is 9.53. The van der Waals surface area contributed by atoms with Crippen LogP contribution in [0.2, 0.25) is 5.15 Å². The molecular weight excluding hydrogens is 253 g/mol. The second-order valence-electron chi connectivity index (χ2n) is 3.12. The molecule has 0 atom stereocenters. The maximum absolute atomic E-state index is 10.8. The number of rotatable bonds is 3. The highest BCUT2D eigenvalue weighted by Gasteiger charge is 2.12. The lowest BCUT2D eigenvalue weighted by Gasteiger charge is -2.02. The van der Waals surface area contributed by atoms with E-state index < -0.39 is 5.97 Å². The summed E-state index contributed by atoms with van der Waals surface area (Å²) in [5.41, 5.74) is 0.493. The lowest BCUT2D eigenvalue weighted by molar-refractivity contribution is 0.0697. The van der Waals surface area contributed by atoms with Crippen molar-refractivity contribution in [1.82, 2.24) is 14.6 Å². The molecule has 0 amide bonds. The minimum atomic E-state index is -1.05. The molecule has 2 aromatic heterocycles. The van der Waals surface area contributed by atoms with Crippen molar-refractivity contribution in [2.45, 2.75) is 6.42 Å². The van der Waals surface area contributed by atoms with Crippen LogP contribution in [0.4, 0.5) is 0 Å². The monoisotopic (exact) mass is 259 g/mol. The number of hydrogen-bond donors (Lipinski definition) is 1. The molecule has 0 aromatic carbocycles. The Morgan fingerprint density at radius 2 is 2.19 bits per heavy atom. The maximum atomic E-state index is 10.8. The first kappa shape index (κ1) is 11.2. The summed E-state index contributed by atoms with van der Waals surface area (Å²) in [5.74, 6) is -0.0316. The van der Waals surface area contributed by atoms with E-state index in [0.29, 0.717) is 23.8 Å². The lowest BCUT2D eigenvalue weighted by Crippen LogP contribution is -2.01. The van der Waals surface area contributed by atoms with E-state index in [1.165, 1.54) is 12.1 Å². The highest BCUT2D eigenvalue weighted by atomic mass is 35.5. The fourth-order valence-electron chi connectivity index (χ4n) is 1.40. The van der Waals surface area contributed by atoms with Crippen molar-refractivity contribution in [3.8, 4) is 0 Å². The molecule has 84 valence electrons. The summed E-state index contributed by atoms with van der Waals surface area (Å²) >= 11 is 11.6. The second kappa shape index (κ2) is 4.27. The van der Waals surface area contributed by atoms with Crippen LogP contribution in [-0.4, -0.2) is 31.6 Å². The largest absolute Gasteiger partial charge is 0.478 e. The van der Waals surface area contributed by atoms with E-state index in [0.717, 1.165) is 0 Å². The Bertz CT molecular complexity index is 553. The Labute approximate surface area is 101 Å². The van der Waals surface area contributed by atoms with E-state index >= 15 is 0 Å². The van der Waals surface area contributed by atoms with Crippen LogP contribution in [-0.2, 0) is 6.42 Å². The average molecular weight is 260 g/mol. The van der Waals surface area contributed by atoms with Crippen molar-refractivity contribution in [2.75, 3.05) is 5.88 Å². The van der Waals surface area contributed by atoms with Gasteiger partial charge in [-0.15, -0.1) is 21.8 Å². The van der Waals surface area contributed by atoms with Gasteiger partial charge in [-0.2, -0.15) is 0 Å². The summed E-state index contributed by atoms with van der Waals surface area (Å²) in [4.78, 5) is 10.8. The molecule has 0 saturated carbocycles. The third-order valence-corrected chi connectivity index (χ3v) is 2.56. The molecule has 0 unspecified atom stereocenters. The normalized spacial score (nSPS) is 10.9. The SMILES string of the molecule is O=C(O)c1cc(Cl)n2c(CCCl)nnc2c1. The van der Waals surface area contributed by atoms with Gasteiger partial charge in [-0.3, -0.25) is 4.40 Å². The Morgan fingerprint density at radius 1 is 1.44 bits per heavy atom. The maximum Gasteiger partial charge on any atom is 0.335 e. The molecule has 0 fully saturated rings. The van der Waals surface area contributed by atoms with E-state index in [1.807, 2.05) is 0 Å². The van der Waals surface area contributed by atoms with Crippen LogP contribution in [0.15, 0.2) is 12.1 Å². The molecule has 0 radical (unpaired) electrons. The van der Waals surface area contributed by atoms with Crippen molar-refractivity contribution in [1.29, 1.82) is 0 Å². The smallest absolute Gasteiger partial charge is 0.335 e. The van der Waals surface area contributed by atoms with Gasteiger partial charge in [-0.05, 0) is 12.1 Å². The van der Waals surface area contributed by atoms with Crippen LogP contribution in [0.3, 0.4) is 0 Å². The van der Waals surface area contributed by atoms with Crippen molar-refractivity contribution in [2.24, 2.45) is 0 Å². The Hall–Kier alpha value is -1.33. The number of carboxylic acid groups (broad SMARTS) is 1. The van der Waals surface area contributed by atoms with E-state index in [2.05, 4.69) is 10.2 Å². The summed E-state index contributed by atoms with van der Waals surface area (Å²) in [7, 11) is 0. The molecule has 5 nitrogen and oxygen atoms in total.